The lowest BCUT2D eigenvalue weighted by molar-refractivity contribution is -0.142. The first-order valence-electron chi connectivity index (χ1n) is 6.41. The number of Topliss-reactive ketones (excluding diaryl/α,β-unsaturated/α-hetero) is 1. The summed E-state index contributed by atoms with van der Waals surface area (Å²) >= 11 is 0. The van der Waals surface area contributed by atoms with Crippen molar-refractivity contribution in [2.24, 2.45) is 5.92 Å². The van der Waals surface area contributed by atoms with Gasteiger partial charge in [-0.2, -0.15) is 0 Å². The predicted molar refractivity (Wildman–Crippen MR) is 61.1 cm³/mol. The Labute approximate surface area is 97.5 Å². The lowest BCUT2D eigenvalue weighted by atomic mass is 9.93. The largest absolute Gasteiger partial charge is 0.348 e. The maximum absolute atomic E-state index is 11.9. The van der Waals surface area contributed by atoms with Crippen molar-refractivity contribution < 1.29 is 14.3 Å². The highest BCUT2D eigenvalue weighted by molar-refractivity contribution is 5.81. The van der Waals surface area contributed by atoms with Crippen molar-refractivity contribution in [2.45, 2.75) is 64.3 Å². The van der Waals surface area contributed by atoms with Crippen LogP contribution in [-0.4, -0.2) is 24.3 Å². The van der Waals surface area contributed by atoms with E-state index in [2.05, 4.69) is 0 Å². The molecule has 2 fully saturated rings. The third kappa shape index (κ3) is 3.05. The summed E-state index contributed by atoms with van der Waals surface area (Å²) in [7, 11) is 0. The lowest BCUT2D eigenvalue weighted by Crippen LogP contribution is -2.25. The van der Waals surface area contributed by atoms with Gasteiger partial charge in [-0.15, -0.1) is 0 Å². The molecule has 2 rings (SSSR count). The van der Waals surface area contributed by atoms with E-state index >= 15 is 0 Å². The molecule has 1 saturated heterocycles. The van der Waals surface area contributed by atoms with Gasteiger partial charge in [0.25, 0.3) is 0 Å². The highest BCUT2D eigenvalue weighted by Gasteiger charge is 2.35. The zero-order valence-electron chi connectivity index (χ0n) is 10.3. The van der Waals surface area contributed by atoms with Crippen LogP contribution in [0.15, 0.2) is 0 Å². The molecule has 1 aliphatic carbocycles. The van der Waals surface area contributed by atoms with Gasteiger partial charge < -0.3 is 9.47 Å². The van der Waals surface area contributed by atoms with Gasteiger partial charge in [-0.05, 0) is 33.1 Å². The molecule has 1 aliphatic heterocycles. The van der Waals surface area contributed by atoms with Crippen molar-refractivity contribution in [1.29, 1.82) is 0 Å². The van der Waals surface area contributed by atoms with E-state index in [4.69, 9.17) is 9.47 Å². The van der Waals surface area contributed by atoms with Crippen LogP contribution in [0.5, 0.6) is 0 Å². The first kappa shape index (κ1) is 12.1. The first-order chi connectivity index (χ1) is 7.57. The molecule has 0 radical (unpaired) electrons. The van der Waals surface area contributed by atoms with E-state index in [1.54, 1.807) is 0 Å². The molecule has 0 bridgehead atoms. The van der Waals surface area contributed by atoms with Gasteiger partial charge in [-0.1, -0.05) is 12.8 Å². The second kappa shape index (κ2) is 4.84. The standard InChI is InChI=1S/C13H22O3/c1-13(2)15-9-11(16-13)8-10-6-4-3-5-7-12(10)14/h10-11H,3-9H2,1-2H3. The summed E-state index contributed by atoms with van der Waals surface area (Å²) in [4.78, 5) is 11.9. The summed E-state index contributed by atoms with van der Waals surface area (Å²) in [5, 5.41) is 0. The summed E-state index contributed by atoms with van der Waals surface area (Å²) in [6.07, 6.45) is 6.23. The van der Waals surface area contributed by atoms with Crippen molar-refractivity contribution in [3.63, 3.8) is 0 Å². The second-order valence-corrected chi connectivity index (χ2v) is 5.45. The predicted octanol–water partition coefficient (Wildman–Crippen LogP) is 2.68. The Hall–Kier alpha value is -0.410. The van der Waals surface area contributed by atoms with Gasteiger partial charge in [0, 0.05) is 12.3 Å². The topological polar surface area (TPSA) is 35.5 Å². The van der Waals surface area contributed by atoms with Crippen LogP contribution in [0.25, 0.3) is 0 Å². The summed E-state index contributed by atoms with van der Waals surface area (Å²) in [5.41, 5.74) is 0. The maximum Gasteiger partial charge on any atom is 0.163 e. The number of hydrogen-bond acceptors (Lipinski definition) is 3. The van der Waals surface area contributed by atoms with Crippen LogP contribution < -0.4 is 0 Å². The van der Waals surface area contributed by atoms with Crippen LogP contribution in [0.3, 0.4) is 0 Å². The van der Waals surface area contributed by atoms with Crippen LogP contribution in [0, 0.1) is 5.92 Å². The molecule has 3 nitrogen and oxygen atoms in total. The zero-order chi connectivity index (χ0) is 11.6. The molecule has 0 aromatic carbocycles. The Morgan fingerprint density at radius 2 is 2.12 bits per heavy atom. The Bertz CT molecular complexity index is 260. The van der Waals surface area contributed by atoms with E-state index in [9.17, 15) is 4.79 Å². The van der Waals surface area contributed by atoms with E-state index in [-0.39, 0.29) is 12.0 Å². The van der Waals surface area contributed by atoms with Gasteiger partial charge in [-0.3, -0.25) is 4.79 Å². The highest BCUT2D eigenvalue weighted by Crippen LogP contribution is 2.30. The van der Waals surface area contributed by atoms with E-state index in [1.807, 2.05) is 13.8 Å². The van der Waals surface area contributed by atoms with Crippen LogP contribution in [0.2, 0.25) is 0 Å². The third-order valence-electron chi connectivity index (χ3n) is 3.55. The zero-order valence-corrected chi connectivity index (χ0v) is 10.3. The Morgan fingerprint density at radius 3 is 2.81 bits per heavy atom. The average Bonchev–Trinajstić information content (AvgIpc) is 2.41. The van der Waals surface area contributed by atoms with Crippen LogP contribution >= 0.6 is 0 Å². The second-order valence-electron chi connectivity index (χ2n) is 5.45. The van der Waals surface area contributed by atoms with Crippen molar-refractivity contribution in [3.8, 4) is 0 Å². The normalized spacial score (nSPS) is 35.0. The van der Waals surface area contributed by atoms with Crippen molar-refractivity contribution in [1.82, 2.24) is 0 Å². The van der Waals surface area contributed by atoms with Gasteiger partial charge in [0.15, 0.2) is 5.79 Å². The minimum atomic E-state index is -0.460. The van der Waals surface area contributed by atoms with Crippen molar-refractivity contribution in [2.75, 3.05) is 6.61 Å². The van der Waals surface area contributed by atoms with E-state index in [0.717, 1.165) is 25.7 Å². The van der Waals surface area contributed by atoms with E-state index in [1.165, 1.54) is 12.8 Å². The molecule has 0 N–H and O–H groups in total. The molecule has 0 aromatic heterocycles. The quantitative estimate of drug-likeness (QED) is 0.679. The SMILES string of the molecule is CC1(C)OCC(CC2CCCCCC2=O)O1. The van der Waals surface area contributed by atoms with E-state index < -0.39 is 5.79 Å². The molecule has 1 saturated carbocycles. The van der Waals surface area contributed by atoms with Gasteiger partial charge in [-0.25, -0.2) is 0 Å². The molecule has 0 aromatic rings. The Kier molecular flexibility index (Phi) is 3.65. The molecule has 0 spiro atoms. The average molecular weight is 226 g/mol. The van der Waals surface area contributed by atoms with Crippen LogP contribution in [-0.2, 0) is 14.3 Å². The molecule has 2 unspecified atom stereocenters. The third-order valence-corrected chi connectivity index (χ3v) is 3.55. The van der Waals surface area contributed by atoms with Crippen molar-refractivity contribution >= 4 is 5.78 Å². The molecule has 1 heterocycles. The molecule has 0 amide bonds. The summed E-state index contributed by atoms with van der Waals surface area (Å²) in [5.74, 6) is 0.189. The molecule has 3 heteroatoms. The summed E-state index contributed by atoms with van der Waals surface area (Å²) < 4.78 is 11.3. The molecule has 2 aliphatic rings. The molecule has 92 valence electrons. The van der Waals surface area contributed by atoms with Crippen LogP contribution in [0.4, 0.5) is 0 Å². The van der Waals surface area contributed by atoms with E-state index in [0.29, 0.717) is 12.4 Å². The maximum atomic E-state index is 11.9. The molecular weight excluding hydrogens is 204 g/mol. The molecule has 16 heavy (non-hydrogen) atoms. The minimum Gasteiger partial charge on any atom is -0.348 e. The molecular formula is C13H22O3. The number of hydrogen-bond donors (Lipinski definition) is 0. The van der Waals surface area contributed by atoms with Gasteiger partial charge >= 0.3 is 0 Å². The smallest absolute Gasteiger partial charge is 0.163 e. The number of ketones is 1. The van der Waals surface area contributed by atoms with Crippen LogP contribution in [0.1, 0.15) is 52.4 Å². The number of carbonyl (C=O) groups excluding carboxylic acids is 1. The highest BCUT2D eigenvalue weighted by atomic mass is 16.7. The van der Waals surface area contributed by atoms with Crippen molar-refractivity contribution in [3.05, 3.63) is 0 Å². The fourth-order valence-corrected chi connectivity index (χ4v) is 2.68. The van der Waals surface area contributed by atoms with Gasteiger partial charge in [0.2, 0.25) is 0 Å². The fourth-order valence-electron chi connectivity index (χ4n) is 2.68. The Balaban J connectivity index is 1.86. The Morgan fingerprint density at radius 1 is 1.31 bits per heavy atom. The number of rotatable bonds is 2. The monoisotopic (exact) mass is 226 g/mol. The number of ether oxygens (including phenoxy) is 2. The fraction of sp³-hybridized carbons (Fsp3) is 0.923. The summed E-state index contributed by atoms with van der Waals surface area (Å²) in [6.45, 7) is 4.50. The lowest BCUT2D eigenvalue weighted by Gasteiger charge is -2.19. The van der Waals surface area contributed by atoms with Gasteiger partial charge in [0.1, 0.15) is 5.78 Å². The minimum absolute atomic E-state index is 0.113. The van der Waals surface area contributed by atoms with Gasteiger partial charge in [0.05, 0.1) is 12.7 Å². The number of carbonyl (C=O) groups is 1. The molecule has 2 atom stereocenters. The first-order valence-corrected chi connectivity index (χ1v) is 6.41. The summed E-state index contributed by atoms with van der Waals surface area (Å²) in [6, 6.07) is 0.